The molecule has 3 aromatic rings. The second-order valence-corrected chi connectivity index (χ2v) is 9.68. The molecule has 1 N–H and O–H groups in total. The van der Waals surface area contributed by atoms with Crippen molar-refractivity contribution in [3.05, 3.63) is 75.7 Å². The molecule has 0 spiro atoms. The first-order valence-electron chi connectivity index (χ1n) is 11.5. The number of thiophene rings is 1. The van der Waals surface area contributed by atoms with E-state index in [4.69, 9.17) is 9.47 Å². The van der Waals surface area contributed by atoms with E-state index < -0.39 is 0 Å². The summed E-state index contributed by atoms with van der Waals surface area (Å²) in [6.07, 6.45) is 3.61. The number of methoxy groups -OCH3 is 2. The first kappa shape index (κ1) is 23.3. The van der Waals surface area contributed by atoms with E-state index in [9.17, 15) is 4.79 Å². The average molecular weight is 465 g/mol. The van der Waals surface area contributed by atoms with Gasteiger partial charge in [-0.2, -0.15) is 0 Å². The van der Waals surface area contributed by atoms with Crippen LogP contribution >= 0.6 is 11.3 Å². The summed E-state index contributed by atoms with van der Waals surface area (Å²) in [6.45, 7) is 6.35. The molecule has 1 aliphatic rings. The molecule has 0 bridgehead atoms. The van der Waals surface area contributed by atoms with E-state index in [-0.39, 0.29) is 11.9 Å². The van der Waals surface area contributed by atoms with E-state index in [0.29, 0.717) is 5.56 Å². The molecule has 2 aromatic carbocycles. The van der Waals surface area contributed by atoms with Gasteiger partial charge in [0.2, 0.25) is 0 Å². The molecule has 1 saturated heterocycles. The molecule has 1 amide bonds. The normalized spacial score (nSPS) is 15.2. The second-order valence-electron chi connectivity index (χ2n) is 8.46. The molecule has 0 saturated carbocycles. The minimum absolute atomic E-state index is 0.0288. The van der Waals surface area contributed by atoms with E-state index in [0.717, 1.165) is 35.2 Å². The molecule has 1 aromatic heterocycles. The second kappa shape index (κ2) is 10.4. The van der Waals surface area contributed by atoms with Crippen LogP contribution in [0, 0.1) is 13.8 Å². The Morgan fingerprint density at radius 2 is 1.67 bits per heavy atom. The highest BCUT2D eigenvalue weighted by atomic mass is 32.1. The van der Waals surface area contributed by atoms with Gasteiger partial charge in [-0.05, 0) is 75.2 Å². The predicted octanol–water partition coefficient (Wildman–Crippen LogP) is 6.21. The van der Waals surface area contributed by atoms with E-state index >= 15 is 0 Å². The lowest BCUT2D eigenvalue weighted by molar-refractivity contribution is 0.102. The third-order valence-electron chi connectivity index (χ3n) is 6.45. The molecule has 0 radical (unpaired) electrons. The van der Waals surface area contributed by atoms with Crippen LogP contribution in [0.1, 0.15) is 57.2 Å². The third-order valence-corrected chi connectivity index (χ3v) is 7.59. The van der Waals surface area contributed by atoms with Gasteiger partial charge < -0.3 is 14.8 Å². The number of aryl methyl sites for hydroxylation is 1. The molecular weight excluding hydrogens is 432 g/mol. The lowest BCUT2D eigenvalue weighted by atomic mass is 9.93. The van der Waals surface area contributed by atoms with Crippen molar-refractivity contribution in [2.75, 3.05) is 32.6 Å². The summed E-state index contributed by atoms with van der Waals surface area (Å²) in [5, 5.41) is 4.15. The number of piperidine rings is 1. The van der Waals surface area contributed by atoms with E-state index in [1.165, 1.54) is 35.3 Å². The average Bonchev–Trinajstić information content (AvgIpc) is 3.13. The van der Waals surface area contributed by atoms with Gasteiger partial charge in [-0.1, -0.05) is 30.7 Å². The van der Waals surface area contributed by atoms with Gasteiger partial charge in [0, 0.05) is 16.0 Å². The highest BCUT2D eigenvalue weighted by Crippen LogP contribution is 2.44. The van der Waals surface area contributed by atoms with Crippen molar-refractivity contribution in [1.82, 2.24) is 4.90 Å². The van der Waals surface area contributed by atoms with Crippen LogP contribution < -0.4 is 14.8 Å². The number of hydrogen-bond acceptors (Lipinski definition) is 5. The maximum Gasteiger partial charge on any atom is 0.256 e. The molecule has 33 heavy (non-hydrogen) atoms. The summed E-state index contributed by atoms with van der Waals surface area (Å²) in [6, 6.07) is 15.6. The topological polar surface area (TPSA) is 50.8 Å². The van der Waals surface area contributed by atoms with Crippen LogP contribution in [0.3, 0.4) is 0 Å². The van der Waals surface area contributed by atoms with Gasteiger partial charge in [-0.3, -0.25) is 9.69 Å². The van der Waals surface area contributed by atoms with Crippen molar-refractivity contribution in [1.29, 1.82) is 0 Å². The molecule has 174 valence electrons. The van der Waals surface area contributed by atoms with Crippen LogP contribution in [0.2, 0.25) is 0 Å². The fourth-order valence-corrected chi connectivity index (χ4v) is 5.68. The number of anilines is 1. The predicted molar refractivity (Wildman–Crippen MR) is 135 cm³/mol. The zero-order valence-electron chi connectivity index (χ0n) is 19.8. The van der Waals surface area contributed by atoms with Gasteiger partial charge >= 0.3 is 0 Å². The standard InChI is InChI=1S/C27H32N2O3S/c1-18-19(2)33-27(28-26(30)20-11-7-5-8-12-20)24(18)25(29-15-9-6-10-16-29)21-13-14-22(31-3)23(17-21)32-4/h5,7-8,11-14,17,25H,6,9-10,15-16H2,1-4H3,(H,28,30)/t25-/m1/s1. The monoisotopic (exact) mass is 464 g/mol. The molecule has 1 atom stereocenters. The fourth-order valence-electron chi connectivity index (χ4n) is 4.59. The number of likely N-dealkylation sites (tertiary alicyclic amines) is 1. The molecule has 0 unspecified atom stereocenters. The Balaban J connectivity index is 1.80. The van der Waals surface area contributed by atoms with Crippen molar-refractivity contribution in [3.63, 3.8) is 0 Å². The van der Waals surface area contributed by atoms with Crippen molar-refractivity contribution in [2.45, 2.75) is 39.2 Å². The molecule has 0 aliphatic carbocycles. The summed E-state index contributed by atoms with van der Waals surface area (Å²) in [5.41, 5.74) is 4.21. The number of rotatable bonds is 7. The van der Waals surface area contributed by atoms with Gasteiger partial charge in [0.05, 0.1) is 20.3 Å². The van der Waals surface area contributed by atoms with Crippen molar-refractivity contribution in [3.8, 4) is 11.5 Å². The van der Waals surface area contributed by atoms with Crippen LogP contribution in [0.5, 0.6) is 11.5 Å². The largest absolute Gasteiger partial charge is 0.493 e. The number of carbonyl (C=O) groups is 1. The first-order valence-corrected chi connectivity index (χ1v) is 12.3. The van der Waals surface area contributed by atoms with Crippen LogP contribution in [0.15, 0.2) is 48.5 Å². The van der Waals surface area contributed by atoms with Crippen LogP contribution in [-0.2, 0) is 0 Å². The highest BCUT2D eigenvalue weighted by molar-refractivity contribution is 7.16. The number of hydrogen-bond donors (Lipinski definition) is 1. The number of ether oxygens (including phenoxy) is 2. The van der Waals surface area contributed by atoms with Gasteiger partial charge in [-0.25, -0.2) is 0 Å². The minimum Gasteiger partial charge on any atom is -0.493 e. The minimum atomic E-state index is -0.0807. The van der Waals surface area contributed by atoms with Gasteiger partial charge in [0.15, 0.2) is 11.5 Å². The Bertz CT molecular complexity index is 1100. The zero-order chi connectivity index (χ0) is 23.4. The number of nitrogens with one attached hydrogen (secondary N) is 1. The molecule has 1 fully saturated rings. The maximum atomic E-state index is 13.1. The Morgan fingerprint density at radius 1 is 0.970 bits per heavy atom. The molecule has 5 nitrogen and oxygen atoms in total. The number of amides is 1. The van der Waals surface area contributed by atoms with Crippen LogP contribution in [0.4, 0.5) is 5.00 Å². The molecule has 6 heteroatoms. The summed E-state index contributed by atoms with van der Waals surface area (Å²) < 4.78 is 11.1. The summed E-state index contributed by atoms with van der Waals surface area (Å²) in [4.78, 5) is 16.8. The van der Waals surface area contributed by atoms with E-state index in [1.54, 1.807) is 25.6 Å². The quantitative estimate of drug-likeness (QED) is 0.452. The Hall–Kier alpha value is -2.83. The van der Waals surface area contributed by atoms with Crippen LogP contribution in [-0.4, -0.2) is 38.1 Å². The molecule has 4 rings (SSSR count). The SMILES string of the molecule is COc1ccc([C@H](c2c(NC(=O)c3ccccc3)sc(C)c2C)N2CCCCC2)cc1OC. The fraction of sp³-hybridized carbons (Fsp3) is 0.370. The Kier molecular flexibility index (Phi) is 7.36. The van der Waals surface area contributed by atoms with Gasteiger partial charge in [0.1, 0.15) is 5.00 Å². The number of benzene rings is 2. The zero-order valence-corrected chi connectivity index (χ0v) is 20.6. The van der Waals surface area contributed by atoms with Crippen molar-refractivity contribution in [2.24, 2.45) is 0 Å². The lowest BCUT2D eigenvalue weighted by Gasteiger charge is -2.36. The number of nitrogens with zero attached hydrogens (tertiary/aromatic N) is 1. The van der Waals surface area contributed by atoms with Crippen LogP contribution in [0.25, 0.3) is 0 Å². The third kappa shape index (κ3) is 4.92. The Morgan fingerprint density at radius 3 is 2.33 bits per heavy atom. The number of carbonyl (C=O) groups excluding carboxylic acids is 1. The van der Waals surface area contributed by atoms with E-state index in [1.807, 2.05) is 36.4 Å². The van der Waals surface area contributed by atoms with Gasteiger partial charge in [0.25, 0.3) is 5.91 Å². The molecule has 2 heterocycles. The maximum absolute atomic E-state index is 13.1. The first-order chi connectivity index (χ1) is 16.0. The Labute approximate surface area is 200 Å². The summed E-state index contributed by atoms with van der Waals surface area (Å²) >= 11 is 1.65. The van der Waals surface area contributed by atoms with Crippen molar-refractivity contribution >= 4 is 22.2 Å². The van der Waals surface area contributed by atoms with Gasteiger partial charge in [-0.15, -0.1) is 11.3 Å². The van der Waals surface area contributed by atoms with Crippen molar-refractivity contribution < 1.29 is 14.3 Å². The highest BCUT2D eigenvalue weighted by Gasteiger charge is 2.31. The summed E-state index contributed by atoms with van der Waals surface area (Å²) in [7, 11) is 3.33. The smallest absolute Gasteiger partial charge is 0.256 e. The van der Waals surface area contributed by atoms with E-state index in [2.05, 4.69) is 36.2 Å². The summed E-state index contributed by atoms with van der Waals surface area (Å²) in [5.74, 6) is 1.36. The molecule has 1 aliphatic heterocycles. The molecular formula is C27H32N2O3S. The lowest BCUT2D eigenvalue weighted by Crippen LogP contribution is -2.35.